The van der Waals surface area contributed by atoms with E-state index in [1.807, 2.05) is 30.5 Å². The zero-order valence-corrected chi connectivity index (χ0v) is 24.3. The summed E-state index contributed by atoms with van der Waals surface area (Å²) in [6.45, 7) is 6.51. The normalized spacial score (nSPS) is 14.9. The molecule has 1 saturated heterocycles. The minimum Gasteiger partial charge on any atom is -0.444 e. The Kier molecular flexibility index (Phi) is 10.6. The van der Waals surface area contributed by atoms with Gasteiger partial charge in [0.05, 0.1) is 15.7 Å². The number of alkyl carbamates (subject to hydrolysis) is 1. The first-order valence-electron chi connectivity index (χ1n) is 12.4. The van der Waals surface area contributed by atoms with Crippen LogP contribution < -0.4 is 16.0 Å². The molecule has 3 rings (SSSR count). The molecule has 8 nitrogen and oxygen atoms in total. The van der Waals surface area contributed by atoms with Crippen molar-refractivity contribution in [1.82, 2.24) is 10.2 Å². The molecule has 4 amide bonds. The summed E-state index contributed by atoms with van der Waals surface area (Å²) in [5, 5.41) is 9.13. The lowest BCUT2D eigenvalue weighted by molar-refractivity contribution is -0.117. The molecule has 1 unspecified atom stereocenters. The number of piperidine rings is 1. The van der Waals surface area contributed by atoms with E-state index >= 15 is 0 Å². The van der Waals surface area contributed by atoms with E-state index in [0.717, 1.165) is 18.4 Å². The Labute approximate surface area is 238 Å². The summed E-state index contributed by atoms with van der Waals surface area (Å²) in [7, 11) is 0. The Morgan fingerprint density at radius 1 is 1.03 bits per heavy atom. The summed E-state index contributed by atoms with van der Waals surface area (Å²) in [5.74, 6) is 0.402. The van der Waals surface area contributed by atoms with Crippen molar-refractivity contribution in [2.75, 3.05) is 35.7 Å². The maximum absolute atomic E-state index is 12.8. The lowest BCUT2D eigenvalue weighted by atomic mass is 9.89. The quantitative estimate of drug-likeness (QED) is 0.342. The Hall–Kier alpha value is -2.62. The van der Waals surface area contributed by atoms with Gasteiger partial charge < -0.3 is 25.6 Å². The molecule has 1 atom stereocenters. The van der Waals surface area contributed by atoms with Gasteiger partial charge in [0.1, 0.15) is 11.6 Å². The van der Waals surface area contributed by atoms with Crippen molar-refractivity contribution < 1.29 is 19.1 Å². The number of rotatable bonds is 7. The first-order chi connectivity index (χ1) is 18.0. The number of carbonyl (C=O) groups excluding carboxylic acids is 3. The van der Waals surface area contributed by atoms with Crippen LogP contribution in [0.25, 0.3) is 0 Å². The largest absolute Gasteiger partial charge is 0.444 e. The first-order valence-corrected chi connectivity index (χ1v) is 14.5. The molecule has 38 heavy (non-hydrogen) atoms. The number of nitrogens with zero attached hydrogens (tertiary/aromatic N) is 1. The molecule has 1 aliphatic heterocycles. The fourth-order valence-electron chi connectivity index (χ4n) is 4.09. The van der Waals surface area contributed by atoms with Crippen LogP contribution in [0.4, 0.5) is 21.0 Å². The smallest absolute Gasteiger partial charge is 0.408 e. The second kappa shape index (κ2) is 13.4. The maximum atomic E-state index is 12.8. The number of para-hydroxylation sites is 1. The van der Waals surface area contributed by atoms with Crippen LogP contribution in [0.2, 0.25) is 10.0 Å². The van der Waals surface area contributed by atoms with Crippen molar-refractivity contribution in [2.45, 2.75) is 51.2 Å². The standard InChI is InChI=1S/C27H34Cl2N4O4S/c1-27(2,3)37-26(36)31-22(16-38-4)24(34)30-19-10-8-17(9-11-19)18-12-14-33(15-13-18)25(35)32-23-20(28)6-5-7-21(23)29/h5-11,18,22H,12-16H2,1-4H3,(H,30,34)(H,31,36)(H,32,35). The van der Waals surface area contributed by atoms with Gasteiger partial charge in [-0.05, 0) is 75.6 Å². The molecule has 0 radical (unpaired) electrons. The summed E-state index contributed by atoms with van der Waals surface area (Å²) >= 11 is 13.8. The van der Waals surface area contributed by atoms with E-state index in [0.29, 0.717) is 46.2 Å². The first kappa shape index (κ1) is 29.9. The van der Waals surface area contributed by atoms with Crippen molar-refractivity contribution in [3.63, 3.8) is 0 Å². The molecule has 1 fully saturated rings. The molecule has 11 heteroatoms. The van der Waals surface area contributed by atoms with Crippen LogP contribution in [0.5, 0.6) is 0 Å². The van der Waals surface area contributed by atoms with Crippen molar-refractivity contribution in [2.24, 2.45) is 0 Å². The number of halogens is 2. The zero-order valence-electron chi connectivity index (χ0n) is 22.0. The van der Waals surface area contributed by atoms with Gasteiger partial charge in [0.2, 0.25) is 5.91 Å². The number of hydrogen-bond donors (Lipinski definition) is 3. The van der Waals surface area contributed by atoms with Crippen molar-refractivity contribution >= 4 is 64.4 Å². The molecule has 206 valence electrons. The third-order valence-corrected chi connectivity index (χ3v) is 7.26. The summed E-state index contributed by atoms with van der Waals surface area (Å²) in [6, 6.07) is 11.8. The average molecular weight is 582 g/mol. The number of nitrogens with one attached hydrogen (secondary N) is 3. The molecule has 0 spiro atoms. The monoisotopic (exact) mass is 580 g/mol. The molecule has 1 heterocycles. The number of hydrogen-bond acceptors (Lipinski definition) is 5. The number of likely N-dealkylation sites (tertiary alicyclic amines) is 1. The second-order valence-corrected chi connectivity index (χ2v) is 11.8. The summed E-state index contributed by atoms with van der Waals surface area (Å²) in [6.07, 6.45) is 2.86. The lowest BCUT2D eigenvalue weighted by Gasteiger charge is -2.32. The molecular weight excluding hydrogens is 547 g/mol. The van der Waals surface area contributed by atoms with Gasteiger partial charge in [-0.2, -0.15) is 11.8 Å². The van der Waals surface area contributed by atoms with Crippen LogP contribution in [0.3, 0.4) is 0 Å². The molecule has 0 aromatic heterocycles. The highest BCUT2D eigenvalue weighted by Crippen LogP contribution is 2.32. The van der Waals surface area contributed by atoms with Crippen LogP contribution in [0, 0.1) is 0 Å². The molecule has 0 aliphatic carbocycles. The molecule has 2 aromatic carbocycles. The van der Waals surface area contributed by atoms with E-state index in [1.54, 1.807) is 43.9 Å². The van der Waals surface area contributed by atoms with E-state index in [9.17, 15) is 14.4 Å². The highest BCUT2D eigenvalue weighted by atomic mass is 35.5. The van der Waals surface area contributed by atoms with Crippen LogP contribution in [-0.4, -0.2) is 59.7 Å². The highest BCUT2D eigenvalue weighted by Gasteiger charge is 2.26. The number of ether oxygens (including phenoxy) is 1. The third kappa shape index (κ3) is 8.71. The van der Waals surface area contributed by atoms with Crippen molar-refractivity contribution in [1.29, 1.82) is 0 Å². The van der Waals surface area contributed by atoms with Gasteiger partial charge in [-0.15, -0.1) is 0 Å². The van der Waals surface area contributed by atoms with E-state index in [2.05, 4.69) is 16.0 Å². The van der Waals surface area contributed by atoms with Gasteiger partial charge in [0, 0.05) is 24.5 Å². The number of amides is 4. The predicted octanol–water partition coefficient (Wildman–Crippen LogP) is 6.60. The Balaban J connectivity index is 1.52. The number of anilines is 2. The SMILES string of the molecule is CSCC(NC(=O)OC(C)(C)C)C(=O)Nc1ccc(C2CCN(C(=O)Nc3c(Cl)cccc3Cl)CC2)cc1. The number of urea groups is 1. The van der Waals surface area contributed by atoms with E-state index in [1.165, 1.54) is 11.8 Å². The van der Waals surface area contributed by atoms with Crippen LogP contribution >= 0.6 is 35.0 Å². The Bertz CT molecular complexity index is 1110. The van der Waals surface area contributed by atoms with Gasteiger partial charge in [-0.3, -0.25) is 4.79 Å². The minimum absolute atomic E-state index is 0.226. The summed E-state index contributed by atoms with van der Waals surface area (Å²) < 4.78 is 5.28. The molecule has 3 N–H and O–H groups in total. The van der Waals surface area contributed by atoms with Crippen molar-refractivity contribution in [3.8, 4) is 0 Å². The molecule has 2 aromatic rings. The van der Waals surface area contributed by atoms with Crippen LogP contribution in [0.1, 0.15) is 45.1 Å². The molecular formula is C27H34Cl2N4O4S. The lowest BCUT2D eigenvalue weighted by Crippen LogP contribution is -2.47. The topological polar surface area (TPSA) is 99.8 Å². The summed E-state index contributed by atoms with van der Waals surface area (Å²) in [5.41, 5.74) is 1.56. The van der Waals surface area contributed by atoms with Crippen LogP contribution in [-0.2, 0) is 9.53 Å². The van der Waals surface area contributed by atoms with Gasteiger partial charge in [-0.25, -0.2) is 9.59 Å². The molecule has 1 aliphatic rings. The fraction of sp³-hybridized carbons (Fsp3) is 0.444. The second-order valence-electron chi connectivity index (χ2n) is 10.1. The van der Waals surface area contributed by atoms with E-state index in [-0.39, 0.29) is 11.9 Å². The number of benzene rings is 2. The van der Waals surface area contributed by atoms with Gasteiger partial charge in [0.25, 0.3) is 0 Å². The third-order valence-electron chi connectivity index (χ3n) is 5.97. The summed E-state index contributed by atoms with van der Waals surface area (Å²) in [4.78, 5) is 39.4. The van der Waals surface area contributed by atoms with Gasteiger partial charge in [-0.1, -0.05) is 41.4 Å². The predicted molar refractivity (Wildman–Crippen MR) is 156 cm³/mol. The number of thioether (sulfide) groups is 1. The van der Waals surface area contributed by atoms with Gasteiger partial charge >= 0.3 is 12.1 Å². The van der Waals surface area contributed by atoms with Gasteiger partial charge in [0.15, 0.2) is 0 Å². The fourth-order valence-corrected chi connectivity index (χ4v) is 5.15. The Morgan fingerprint density at radius 2 is 1.63 bits per heavy atom. The van der Waals surface area contributed by atoms with Crippen molar-refractivity contribution in [3.05, 3.63) is 58.1 Å². The van der Waals surface area contributed by atoms with E-state index in [4.69, 9.17) is 27.9 Å². The number of carbonyl (C=O) groups is 3. The highest BCUT2D eigenvalue weighted by molar-refractivity contribution is 7.98. The van der Waals surface area contributed by atoms with E-state index < -0.39 is 17.7 Å². The minimum atomic E-state index is -0.726. The van der Waals surface area contributed by atoms with Crippen LogP contribution in [0.15, 0.2) is 42.5 Å². The molecule has 0 bridgehead atoms. The maximum Gasteiger partial charge on any atom is 0.408 e. The Morgan fingerprint density at radius 3 is 2.18 bits per heavy atom. The average Bonchev–Trinajstić information content (AvgIpc) is 2.85. The molecule has 0 saturated carbocycles. The zero-order chi connectivity index (χ0) is 27.9.